The molecule has 66 valence electrons. The van der Waals surface area contributed by atoms with Gasteiger partial charge in [0.1, 0.15) is 5.52 Å². The lowest BCUT2D eigenvalue weighted by molar-refractivity contribution is 0.0699. The van der Waals surface area contributed by atoms with E-state index in [1.165, 1.54) is 6.07 Å². The average molecular weight is 177 g/mol. The van der Waals surface area contributed by atoms with Gasteiger partial charge in [0.2, 0.25) is 0 Å². The van der Waals surface area contributed by atoms with E-state index in [1.807, 2.05) is 0 Å². The minimum Gasteiger partial charge on any atom is -0.478 e. The zero-order valence-electron chi connectivity index (χ0n) is 6.61. The van der Waals surface area contributed by atoms with Gasteiger partial charge in [0.15, 0.2) is 5.95 Å². The first-order valence-corrected chi connectivity index (χ1v) is 3.66. The fourth-order valence-electron chi connectivity index (χ4n) is 1.22. The second-order valence-corrected chi connectivity index (χ2v) is 2.63. The third-order valence-electron chi connectivity index (χ3n) is 1.76. The zero-order chi connectivity index (χ0) is 9.42. The van der Waals surface area contributed by atoms with Crippen LogP contribution in [0.2, 0.25) is 0 Å². The number of anilines is 1. The Balaban J connectivity index is 2.82. The molecular formula is C8H7N3O2. The van der Waals surface area contributed by atoms with E-state index in [9.17, 15) is 4.79 Å². The van der Waals surface area contributed by atoms with Gasteiger partial charge in [-0.2, -0.15) is 0 Å². The monoisotopic (exact) mass is 177 g/mol. The molecule has 0 saturated carbocycles. The predicted molar refractivity (Wildman–Crippen MR) is 47.5 cm³/mol. The fourth-order valence-corrected chi connectivity index (χ4v) is 1.22. The minimum absolute atomic E-state index is 0.158. The molecule has 0 aliphatic heterocycles. The van der Waals surface area contributed by atoms with E-state index in [0.717, 1.165) is 0 Å². The number of aromatic nitrogens is 2. The number of carbonyl (C=O) groups is 1. The number of nitrogens with one attached hydrogen (secondary N) is 1. The summed E-state index contributed by atoms with van der Waals surface area (Å²) in [5.41, 5.74) is 6.59. The van der Waals surface area contributed by atoms with E-state index in [0.29, 0.717) is 11.0 Å². The lowest BCUT2D eigenvalue weighted by Gasteiger charge is -1.93. The number of benzene rings is 1. The van der Waals surface area contributed by atoms with Crippen LogP contribution in [0.25, 0.3) is 11.0 Å². The quantitative estimate of drug-likeness (QED) is 0.601. The first-order valence-electron chi connectivity index (χ1n) is 3.66. The van der Waals surface area contributed by atoms with Crippen LogP contribution in [-0.4, -0.2) is 21.0 Å². The largest absolute Gasteiger partial charge is 0.478 e. The van der Waals surface area contributed by atoms with E-state index in [2.05, 4.69) is 9.97 Å². The SMILES string of the molecule is Nc1nc2c(C(=O)O)cccc2[nH]1. The van der Waals surface area contributed by atoms with E-state index in [1.54, 1.807) is 12.1 Å². The van der Waals surface area contributed by atoms with Gasteiger partial charge in [-0.25, -0.2) is 9.78 Å². The van der Waals surface area contributed by atoms with E-state index < -0.39 is 5.97 Å². The summed E-state index contributed by atoms with van der Waals surface area (Å²) in [4.78, 5) is 17.4. The van der Waals surface area contributed by atoms with E-state index in [-0.39, 0.29) is 11.5 Å². The highest BCUT2D eigenvalue weighted by Gasteiger charge is 2.10. The maximum atomic E-state index is 10.7. The van der Waals surface area contributed by atoms with Crippen molar-refractivity contribution in [3.63, 3.8) is 0 Å². The van der Waals surface area contributed by atoms with Gasteiger partial charge >= 0.3 is 5.97 Å². The number of rotatable bonds is 1. The van der Waals surface area contributed by atoms with Crippen molar-refractivity contribution in [1.82, 2.24) is 9.97 Å². The number of aromatic amines is 1. The van der Waals surface area contributed by atoms with Crippen LogP contribution in [0, 0.1) is 0 Å². The molecule has 0 fully saturated rings. The number of carboxylic acids is 1. The van der Waals surface area contributed by atoms with Gasteiger partial charge < -0.3 is 15.8 Å². The molecule has 1 aromatic carbocycles. The predicted octanol–water partition coefficient (Wildman–Crippen LogP) is 0.843. The van der Waals surface area contributed by atoms with Crippen LogP contribution in [-0.2, 0) is 0 Å². The first kappa shape index (κ1) is 7.60. The summed E-state index contributed by atoms with van der Waals surface area (Å²) in [5, 5.41) is 8.80. The van der Waals surface area contributed by atoms with Crippen molar-refractivity contribution in [3.8, 4) is 0 Å². The van der Waals surface area contributed by atoms with Gasteiger partial charge in [-0.15, -0.1) is 0 Å². The van der Waals surface area contributed by atoms with Crippen molar-refractivity contribution in [2.24, 2.45) is 0 Å². The number of nitrogen functional groups attached to an aromatic ring is 1. The average Bonchev–Trinajstić information content (AvgIpc) is 2.43. The Morgan fingerprint density at radius 1 is 1.54 bits per heavy atom. The molecule has 0 unspecified atom stereocenters. The number of H-pyrrole nitrogens is 1. The summed E-state index contributed by atoms with van der Waals surface area (Å²) in [7, 11) is 0. The topological polar surface area (TPSA) is 92.0 Å². The van der Waals surface area contributed by atoms with Crippen molar-refractivity contribution >= 4 is 23.0 Å². The van der Waals surface area contributed by atoms with E-state index >= 15 is 0 Å². The van der Waals surface area contributed by atoms with Crippen LogP contribution in [0.1, 0.15) is 10.4 Å². The molecular weight excluding hydrogens is 170 g/mol. The first-order chi connectivity index (χ1) is 6.18. The second kappa shape index (κ2) is 2.48. The molecule has 0 saturated heterocycles. The third kappa shape index (κ3) is 1.10. The number of nitrogens with zero attached hydrogens (tertiary/aromatic N) is 1. The Labute approximate surface area is 73.2 Å². The van der Waals surface area contributed by atoms with Crippen molar-refractivity contribution in [2.75, 3.05) is 5.73 Å². The number of fused-ring (bicyclic) bond motifs is 1. The van der Waals surface area contributed by atoms with Gasteiger partial charge in [-0.1, -0.05) is 6.07 Å². The molecule has 0 atom stereocenters. The molecule has 5 heteroatoms. The molecule has 1 aromatic heterocycles. The molecule has 4 N–H and O–H groups in total. The minimum atomic E-state index is -1.00. The molecule has 0 aliphatic carbocycles. The number of carboxylic acid groups (broad SMARTS) is 1. The molecule has 1 heterocycles. The highest BCUT2D eigenvalue weighted by molar-refractivity contribution is 6.01. The van der Waals surface area contributed by atoms with Crippen LogP contribution in [0.15, 0.2) is 18.2 Å². The maximum Gasteiger partial charge on any atom is 0.337 e. The number of hydrogen-bond acceptors (Lipinski definition) is 3. The van der Waals surface area contributed by atoms with Gasteiger partial charge in [0, 0.05) is 0 Å². The van der Waals surface area contributed by atoms with Gasteiger partial charge in [0.25, 0.3) is 0 Å². The van der Waals surface area contributed by atoms with Crippen molar-refractivity contribution in [1.29, 1.82) is 0 Å². The number of nitrogens with two attached hydrogens (primary N) is 1. The number of imidazole rings is 1. The smallest absolute Gasteiger partial charge is 0.337 e. The Hall–Kier alpha value is -2.04. The van der Waals surface area contributed by atoms with Crippen molar-refractivity contribution < 1.29 is 9.90 Å². The van der Waals surface area contributed by atoms with Crippen molar-refractivity contribution in [3.05, 3.63) is 23.8 Å². The molecule has 0 bridgehead atoms. The summed E-state index contributed by atoms with van der Waals surface area (Å²) in [6.07, 6.45) is 0. The van der Waals surface area contributed by atoms with Crippen LogP contribution in [0.5, 0.6) is 0 Å². The zero-order valence-corrected chi connectivity index (χ0v) is 6.61. The highest BCUT2D eigenvalue weighted by atomic mass is 16.4. The lowest BCUT2D eigenvalue weighted by atomic mass is 10.2. The highest BCUT2D eigenvalue weighted by Crippen LogP contribution is 2.16. The van der Waals surface area contributed by atoms with Crippen molar-refractivity contribution in [2.45, 2.75) is 0 Å². The van der Waals surface area contributed by atoms with Gasteiger partial charge in [-0.3, -0.25) is 0 Å². The summed E-state index contributed by atoms with van der Waals surface area (Å²) in [5.74, 6) is -0.777. The maximum absolute atomic E-state index is 10.7. The summed E-state index contributed by atoms with van der Waals surface area (Å²) in [6, 6.07) is 4.86. The molecule has 5 nitrogen and oxygen atoms in total. The molecule has 2 aromatic rings. The second-order valence-electron chi connectivity index (χ2n) is 2.63. The van der Waals surface area contributed by atoms with Crippen LogP contribution in [0.4, 0.5) is 5.95 Å². The molecule has 0 aliphatic rings. The van der Waals surface area contributed by atoms with Crippen LogP contribution in [0.3, 0.4) is 0 Å². The standard InChI is InChI=1S/C8H7N3O2/c9-8-10-5-3-1-2-4(7(12)13)6(5)11-8/h1-3H,(H,12,13)(H3,9,10,11). The molecule has 2 rings (SSSR count). The van der Waals surface area contributed by atoms with Crippen LogP contribution >= 0.6 is 0 Å². The molecule has 0 radical (unpaired) electrons. The summed E-state index contributed by atoms with van der Waals surface area (Å²) < 4.78 is 0. The van der Waals surface area contributed by atoms with Gasteiger partial charge in [-0.05, 0) is 12.1 Å². The van der Waals surface area contributed by atoms with Gasteiger partial charge in [0.05, 0.1) is 11.1 Å². The third-order valence-corrected chi connectivity index (χ3v) is 1.76. The number of aromatic carboxylic acids is 1. The lowest BCUT2D eigenvalue weighted by Crippen LogP contribution is -1.96. The normalized spacial score (nSPS) is 10.5. The Morgan fingerprint density at radius 2 is 2.31 bits per heavy atom. The Morgan fingerprint density at radius 3 is 3.00 bits per heavy atom. The summed E-state index contributed by atoms with van der Waals surface area (Å²) >= 11 is 0. The molecule has 13 heavy (non-hydrogen) atoms. The summed E-state index contributed by atoms with van der Waals surface area (Å²) in [6.45, 7) is 0. The Bertz CT molecular complexity index is 475. The number of hydrogen-bond donors (Lipinski definition) is 3. The number of para-hydroxylation sites is 1. The molecule has 0 amide bonds. The van der Waals surface area contributed by atoms with Crippen LogP contribution < -0.4 is 5.73 Å². The molecule has 0 spiro atoms. The Kier molecular flexibility index (Phi) is 1.45. The van der Waals surface area contributed by atoms with E-state index in [4.69, 9.17) is 10.8 Å². The fraction of sp³-hybridized carbons (Fsp3) is 0.